The van der Waals surface area contributed by atoms with Gasteiger partial charge in [0.1, 0.15) is 11.5 Å². The van der Waals surface area contributed by atoms with E-state index < -0.39 is 11.9 Å². The number of ketones is 1. The number of hydrogen-bond donors (Lipinski definition) is 1. The van der Waals surface area contributed by atoms with Crippen LogP contribution in [0.15, 0.2) is 6.20 Å². The number of hydrogen-bond acceptors (Lipinski definition) is 2. The monoisotopic (exact) mass is 192 g/mol. The second-order valence-electron chi connectivity index (χ2n) is 2.65. The van der Waals surface area contributed by atoms with Gasteiger partial charge in [-0.25, -0.2) is 0 Å². The van der Waals surface area contributed by atoms with Crippen molar-refractivity contribution in [2.24, 2.45) is 0 Å². The summed E-state index contributed by atoms with van der Waals surface area (Å²) in [4.78, 5) is 10.6. The highest BCUT2D eigenvalue weighted by molar-refractivity contribution is 5.78. The van der Waals surface area contributed by atoms with E-state index in [1.54, 1.807) is 0 Å². The zero-order valence-electron chi connectivity index (χ0n) is 6.77. The number of rotatable bonds is 2. The van der Waals surface area contributed by atoms with Crippen LogP contribution in [0.4, 0.5) is 13.2 Å². The van der Waals surface area contributed by atoms with E-state index in [1.165, 1.54) is 6.92 Å². The molecule has 0 fully saturated rings. The number of aromatic amines is 1. The summed E-state index contributed by atoms with van der Waals surface area (Å²) < 4.78 is 36.4. The number of halogens is 3. The van der Waals surface area contributed by atoms with Crippen LogP contribution in [0.1, 0.15) is 18.2 Å². The quantitative estimate of drug-likeness (QED) is 0.772. The van der Waals surface area contributed by atoms with Crippen molar-refractivity contribution in [2.45, 2.75) is 19.5 Å². The van der Waals surface area contributed by atoms with Gasteiger partial charge >= 0.3 is 6.18 Å². The molecule has 1 N–H and O–H groups in total. The molecule has 0 atom stereocenters. The van der Waals surface area contributed by atoms with Crippen molar-refractivity contribution >= 4 is 5.78 Å². The highest BCUT2D eigenvalue weighted by atomic mass is 19.4. The average molecular weight is 192 g/mol. The molecule has 0 amide bonds. The Labute approximate surface area is 71.9 Å². The summed E-state index contributed by atoms with van der Waals surface area (Å²) in [5.41, 5.74) is -1.05. The van der Waals surface area contributed by atoms with Crippen LogP contribution in [0.3, 0.4) is 0 Å². The summed E-state index contributed by atoms with van der Waals surface area (Å²) in [7, 11) is 0. The van der Waals surface area contributed by atoms with Crippen molar-refractivity contribution < 1.29 is 18.0 Å². The molecule has 1 rings (SSSR count). The molecule has 0 saturated heterocycles. The lowest BCUT2D eigenvalue weighted by atomic mass is 10.1. The first-order chi connectivity index (χ1) is 5.91. The largest absolute Gasteiger partial charge is 0.433 e. The summed E-state index contributed by atoms with van der Waals surface area (Å²) in [5, 5.41) is 5.07. The third-order valence-corrected chi connectivity index (χ3v) is 1.44. The van der Waals surface area contributed by atoms with Gasteiger partial charge in [0.25, 0.3) is 0 Å². The molecule has 1 aromatic heterocycles. The first kappa shape index (κ1) is 9.76. The molecule has 0 aromatic carbocycles. The van der Waals surface area contributed by atoms with E-state index in [2.05, 4.69) is 5.10 Å². The lowest BCUT2D eigenvalue weighted by Gasteiger charge is -2.04. The van der Waals surface area contributed by atoms with Crippen LogP contribution < -0.4 is 0 Å². The van der Waals surface area contributed by atoms with Gasteiger partial charge in [0.15, 0.2) is 0 Å². The van der Waals surface area contributed by atoms with Crippen LogP contribution in [0, 0.1) is 0 Å². The van der Waals surface area contributed by atoms with Crippen molar-refractivity contribution in [3.05, 3.63) is 17.5 Å². The van der Waals surface area contributed by atoms with Gasteiger partial charge in [-0.05, 0) is 6.92 Å². The first-order valence-electron chi connectivity index (χ1n) is 3.50. The maximum absolute atomic E-state index is 12.1. The first-order valence-corrected chi connectivity index (χ1v) is 3.50. The lowest BCUT2D eigenvalue weighted by molar-refractivity contribution is -0.141. The fourth-order valence-corrected chi connectivity index (χ4v) is 0.959. The number of aromatic nitrogens is 2. The summed E-state index contributed by atoms with van der Waals surface area (Å²) in [6.07, 6.45) is -3.70. The molecule has 13 heavy (non-hydrogen) atoms. The number of H-pyrrole nitrogens is 1. The van der Waals surface area contributed by atoms with Crippen molar-refractivity contribution in [2.75, 3.05) is 0 Å². The molecule has 6 heteroatoms. The number of carbonyl (C=O) groups is 1. The lowest BCUT2D eigenvalue weighted by Crippen LogP contribution is -2.10. The van der Waals surface area contributed by atoms with E-state index in [0.29, 0.717) is 0 Å². The predicted molar refractivity (Wildman–Crippen MR) is 38.0 cm³/mol. The summed E-state index contributed by atoms with van der Waals surface area (Å²) in [6, 6.07) is 0. The molecule has 0 saturated carbocycles. The van der Waals surface area contributed by atoms with Gasteiger partial charge < -0.3 is 0 Å². The molecule has 1 aromatic rings. The number of nitrogens with one attached hydrogen (secondary N) is 1. The van der Waals surface area contributed by atoms with Crippen molar-refractivity contribution in [1.29, 1.82) is 0 Å². The summed E-state index contributed by atoms with van der Waals surface area (Å²) >= 11 is 0. The Morgan fingerprint density at radius 2 is 2.23 bits per heavy atom. The van der Waals surface area contributed by atoms with Crippen molar-refractivity contribution in [3.63, 3.8) is 0 Å². The molecular formula is C7H7F3N2O. The second-order valence-corrected chi connectivity index (χ2v) is 2.65. The molecule has 0 spiro atoms. The molecular weight excluding hydrogens is 185 g/mol. The Bertz CT molecular complexity index is 316. The average Bonchev–Trinajstić information content (AvgIpc) is 2.31. The third-order valence-electron chi connectivity index (χ3n) is 1.44. The topological polar surface area (TPSA) is 45.8 Å². The minimum absolute atomic E-state index is 0.111. The zero-order valence-corrected chi connectivity index (χ0v) is 6.77. The molecule has 3 nitrogen and oxygen atoms in total. The summed E-state index contributed by atoms with van der Waals surface area (Å²) in [5.74, 6) is -0.327. The van der Waals surface area contributed by atoms with Crippen LogP contribution in [-0.4, -0.2) is 16.0 Å². The van der Waals surface area contributed by atoms with Crippen LogP contribution in [0.25, 0.3) is 0 Å². The molecule has 1 heterocycles. The van der Waals surface area contributed by atoms with E-state index in [4.69, 9.17) is 0 Å². The van der Waals surface area contributed by atoms with Gasteiger partial charge in [0.05, 0.1) is 6.20 Å². The van der Waals surface area contributed by atoms with E-state index in [9.17, 15) is 18.0 Å². The van der Waals surface area contributed by atoms with Gasteiger partial charge in [0, 0.05) is 12.0 Å². The van der Waals surface area contributed by atoms with Gasteiger partial charge in [-0.2, -0.15) is 18.3 Å². The van der Waals surface area contributed by atoms with Gasteiger partial charge in [-0.1, -0.05) is 0 Å². The van der Waals surface area contributed by atoms with Crippen molar-refractivity contribution in [1.82, 2.24) is 10.2 Å². The van der Waals surface area contributed by atoms with E-state index in [0.717, 1.165) is 6.20 Å². The molecule has 0 bridgehead atoms. The molecule has 0 unspecified atom stereocenters. The smallest absolute Gasteiger partial charge is 0.300 e. The molecule has 0 aliphatic rings. The van der Waals surface area contributed by atoms with Gasteiger partial charge in [0.2, 0.25) is 0 Å². The van der Waals surface area contributed by atoms with E-state index >= 15 is 0 Å². The Hall–Kier alpha value is -1.33. The van der Waals surface area contributed by atoms with Crippen LogP contribution >= 0.6 is 0 Å². The fraction of sp³-hybridized carbons (Fsp3) is 0.429. The second kappa shape index (κ2) is 3.20. The van der Waals surface area contributed by atoms with Crippen molar-refractivity contribution in [3.8, 4) is 0 Å². The summed E-state index contributed by atoms with van der Waals surface area (Å²) in [6.45, 7) is 1.23. The minimum atomic E-state index is -4.47. The Morgan fingerprint density at radius 3 is 2.69 bits per heavy atom. The Morgan fingerprint density at radius 1 is 1.62 bits per heavy atom. The van der Waals surface area contributed by atoms with Crippen LogP contribution in [0.2, 0.25) is 0 Å². The number of carbonyl (C=O) groups excluding carboxylic acids is 1. The SMILES string of the molecule is CC(=O)Cc1cn[nH]c1C(F)(F)F. The zero-order chi connectivity index (χ0) is 10.1. The Kier molecular flexibility index (Phi) is 2.40. The maximum atomic E-state index is 12.1. The van der Waals surface area contributed by atoms with Crippen LogP contribution in [0.5, 0.6) is 0 Å². The van der Waals surface area contributed by atoms with Gasteiger partial charge in [-0.15, -0.1) is 0 Å². The molecule has 72 valence electrons. The van der Waals surface area contributed by atoms with Gasteiger partial charge in [-0.3, -0.25) is 9.89 Å². The molecule has 0 radical (unpaired) electrons. The minimum Gasteiger partial charge on any atom is -0.300 e. The number of nitrogens with zero attached hydrogens (tertiary/aromatic N) is 1. The maximum Gasteiger partial charge on any atom is 0.433 e. The van der Waals surface area contributed by atoms with Crippen LogP contribution in [-0.2, 0) is 17.4 Å². The highest BCUT2D eigenvalue weighted by Gasteiger charge is 2.35. The standard InChI is InChI=1S/C7H7F3N2O/c1-4(13)2-5-3-11-12-6(5)7(8,9)10/h3H,2H2,1H3,(H,11,12). The highest BCUT2D eigenvalue weighted by Crippen LogP contribution is 2.30. The van der Waals surface area contributed by atoms with E-state index in [-0.39, 0.29) is 17.8 Å². The van der Waals surface area contributed by atoms with E-state index in [1.807, 2.05) is 5.10 Å². The number of Topliss-reactive ketones (excluding diaryl/α,β-unsaturated/α-hetero) is 1. The predicted octanol–water partition coefficient (Wildman–Crippen LogP) is 1.56. The molecule has 0 aliphatic carbocycles. The third kappa shape index (κ3) is 2.30. The normalized spacial score (nSPS) is 11.7. The number of alkyl halides is 3. The Balaban J connectivity index is 2.96. The molecule has 0 aliphatic heterocycles. The fourth-order valence-electron chi connectivity index (χ4n) is 0.959.